The second-order valence-corrected chi connectivity index (χ2v) is 5.98. The number of rotatable bonds is 9. The first-order chi connectivity index (χ1) is 8.04. The first kappa shape index (κ1) is 17.5. The van der Waals surface area contributed by atoms with Crippen LogP contribution >= 0.6 is 0 Å². The van der Waals surface area contributed by atoms with E-state index in [1.807, 2.05) is 4.94 Å². The van der Waals surface area contributed by atoms with Gasteiger partial charge in [0, 0.05) is 0 Å². The molecule has 0 aromatic heterocycles. The Bertz CT molecular complexity index is 444. The van der Waals surface area contributed by atoms with E-state index in [-0.39, 0.29) is 0 Å². The summed E-state index contributed by atoms with van der Waals surface area (Å²) in [6, 6.07) is 0. The van der Waals surface area contributed by atoms with Crippen LogP contribution in [0.4, 0.5) is 17.7 Å². The molecule has 0 saturated heterocycles. The molecule has 0 heterocycles. The van der Waals surface area contributed by atoms with Gasteiger partial charge in [-0.05, 0) is 4.53 Å². The molecule has 0 fully saturated rings. The molecular weight excluding hydrogens is 316 g/mol. The van der Waals surface area contributed by atoms with E-state index in [2.05, 4.69) is 13.1 Å². The van der Waals surface area contributed by atoms with Crippen LogP contribution in [0.3, 0.4) is 0 Å². The van der Waals surface area contributed by atoms with E-state index in [0.29, 0.717) is 0 Å². The fourth-order valence-electron chi connectivity index (χ4n) is 0.534. The maximum Gasteiger partial charge on any atom is 0.531 e. The maximum absolute atomic E-state index is 12.0. The van der Waals surface area contributed by atoms with E-state index in [1.54, 1.807) is 0 Å². The lowest BCUT2D eigenvalue weighted by Gasteiger charge is -2.10. The van der Waals surface area contributed by atoms with Gasteiger partial charge < -0.3 is 4.74 Å². The van der Waals surface area contributed by atoms with Crippen LogP contribution in [-0.2, 0) is 38.3 Å². The molecule has 0 aromatic carbocycles. The van der Waals surface area contributed by atoms with Gasteiger partial charge in [-0.3, -0.25) is 0 Å². The minimum Gasteiger partial charge on any atom is -0.323 e. The summed E-state index contributed by atoms with van der Waals surface area (Å²) < 4.78 is 99.9. The van der Waals surface area contributed by atoms with E-state index in [1.165, 1.54) is 0 Å². The third-order valence-corrected chi connectivity index (χ3v) is 4.20. The predicted octanol–water partition coefficient (Wildman–Crippen LogP) is -0.0108. The van der Waals surface area contributed by atoms with Crippen molar-refractivity contribution < 1.29 is 52.6 Å². The summed E-state index contributed by atoms with van der Waals surface area (Å²) in [5.74, 6) is 0. The lowest BCUT2D eigenvalue weighted by atomic mass is 11.3. The molecule has 0 amide bonds. The first-order valence-electron chi connectivity index (χ1n) is 3.65. The second kappa shape index (κ2) is 6.58. The van der Waals surface area contributed by atoms with Crippen LogP contribution in [0.2, 0.25) is 0 Å². The van der Waals surface area contributed by atoms with E-state index >= 15 is 0 Å². The van der Waals surface area contributed by atoms with Gasteiger partial charge in [-0.25, -0.2) is 8.57 Å². The maximum atomic E-state index is 12.0. The van der Waals surface area contributed by atoms with Crippen molar-refractivity contribution in [1.29, 1.82) is 0 Å². The van der Waals surface area contributed by atoms with Gasteiger partial charge in [0.2, 0.25) is 5.08 Å². The Hall–Kier alpha value is -0.540. The molecule has 14 heteroatoms. The summed E-state index contributed by atoms with van der Waals surface area (Å²) in [5, 5.41) is -2.07. The largest absolute Gasteiger partial charge is 0.531 e. The summed E-state index contributed by atoms with van der Waals surface area (Å²) in [4.78, 5) is 1.84. The SMILES string of the molecule is O=S(=O)(CS(=O)(=O)OC(F)(F)OF)OCOCF. The Morgan fingerprint density at radius 3 is 2.06 bits per heavy atom. The van der Waals surface area contributed by atoms with Crippen LogP contribution in [0.25, 0.3) is 0 Å². The van der Waals surface area contributed by atoms with Gasteiger partial charge in [0.1, 0.15) is 0 Å². The molecule has 18 heavy (non-hydrogen) atoms. The lowest BCUT2D eigenvalue weighted by molar-refractivity contribution is -0.435. The molecule has 110 valence electrons. The molecule has 0 radical (unpaired) electrons. The van der Waals surface area contributed by atoms with Gasteiger partial charge in [0.05, 0.1) is 0 Å². The highest BCUT2D eigenvalue weighted by molar-refractivity contribution is 8.03. The number of hydrogen-bond donors (Lipinski definition) is 0. The summed E-state index contributed by atoms with van der Waals surface area (Å²) in [7, 11) is -10.3. The van der Waals surface area contributed by atoms with E-state index in [4.69, 9.17) is 0 Å². The van der Waals surface area contributed by atoms with Gasteiger partial charge in [-0.15, -0.1) is 8.78 Å². The monoisotopic (exact) mass is 322 g/mol. The molecule has 0 rings (SSSR count). The molecule has 0 atom stereocenters. The lowest BCUT2D eigenvalue weighted by Crippen LogP contribution is -2.30. The minimum atomic E-state index is -5.42. The zero-order valence-electron chi connectivity index (χ0n) is 8.22. The van der Waals surface area contributed by atoms with Gasteiger partial charge in [-0.2, -0.15) is 21.0 Å². The number of hydrogen-bond acceptors (Lipinski definition) is 8. The fraction of sp³-hybridized carbons (Fsp3) is 1.00. The molecule has 0 bridgehead atoms. The van der Waals surface area contributed by atoms with E-state index in [0.717, 1.165) is 0 Å². The Balaban J connectivity index is 4.58. The van der Waals surface area contributed by atoms with Crippen molar-refractivity contribution >= 4 is 20.2 Å². The molecule has 0 unspecified atom stereocenters. The Kier molecular flexibility index (Phi) is 6.38. The smallest absolute Gasteiger partial charge is 0.323 e. The van der Waals surface area contributed by atoms with Gasteiger partial charge in [0.15, 0.2) is 13.7 Å². The van der Waals surface area contributed by atoms with Crippen molar-refractivity contribution in [3.05, 3.63) is 0 Å². The van der Waals surface area contributed by atoms with E-state index in [9.17, 15) is 34.5 Å². The van der Waals surface area contributed by atoms with Crippen LogP contribution in [0, 0.1) is 0 Å². The van der Waals surface area contributed by atoms with Crippen molar-refractivity contribution in [2.75, 3.05) is 18.7 Å². The molecule has 0 aromatic rings. The highest BCUT2D eigenvalue weighted by Gasteiger charge is 2.42. The average Bonchev–Trinajstić information content (AvgIpc) is 2.14. The van der Waals surface area contributed by atoms with Gasteiger partial charge in [0.25, 0.3) is 20.2 Å². The number of halogens is 4. The Morgan fingerprint density at radius 2 is 1.61 bits per heavy atom. The molecule has 0 saturated carbocycles. The Morgan fingerprint density at radius 1 is 1.06 bits per heavy atom. The summed E-state index contributed by atoms with van der Waals surface area (Å²) >= 11 is 0. The number of alkyl halides is 3. The molecule has 0 N–H and O–H groups in total. The quantitative estimate of drug-likeness (QED) is 0.253. The second-order valence-electron chi connectivity index (χ2n) is 2.41. The average molecular weight is 322 g/mol. The standard InChI is InChI=1S/C4H6F4O8S2/c5-1-13-2-14-17(9,10)3-18(11,12)16-4(6,7)15-8/h1-3H2. The Labute approximate surface area is 98.5 Å². The topological polar surface area (TPSA) is 105 Å². The summed E-state index contributed by atoms with van der Waals surface area (Å²) in [6.07, 6.45) is -5.18. The predicted molar refractivity (Wildman–Crippen MR) is 43.9 cm³/mol. The van der Waals surface area contributed by atoms with Gasteiger partial charge in [-0.1, -0.05) is 4.94 Å². The summed E-state index contributed by atoms with van der Waals surface area (Å²) in [6.45, 7) is -2.60. The highest BCUT2D eigenvalue weighted by atomic mass is 32.3. The van der Waals surface area contributed by atoms with Crippen LogP contribution in [0.5, 0.6) is 0 Å². The molecule has 0 spiro atoms. The van der Waals surface area contributed by atoms with Gasteiger partial charge >= 0.3 is 6.29 Å². The van der Waals surface area contributed by atoms with Crippen molar-refractivity contribution in [2.24, 2.45) is 0 Å². The third-order valence-electron chi connectivity index (χ3n) is 0.991. The zero-order chi connectivity index (χ0) is 14.4. The zero-order valence-corrected chi connectivity index (χ0v) is 9.85. The van der Waals surface area contributed by atoms with Crippen LogP contribution < -0.4 is 0 Å². The van der Waals surface area contributed by atoms with E-state index < -0.39 is 45.3 Å². The molecule has 0 aliphatic carbocycles. The fourth-order valence-corrected chi connectivity index (χ4v) is 2.95. The van der Waals surface area contributed by atoms with Crippen molar-refractivity contribution in [3.8, 4) is 0 Å². The highest BCUT2D eigenvalue weighted by Crippen LogP contribution is 2.21. The van der Waals surface area contributed by atoms with Crippen LogP contribution in [0.15, 0.2) is 0 Å². The summed E-state index contributed by atoms with van der Waals surface area (Å²) in [5.41, 5.74) is 0. The third kappa shape index (κ3) is 7.72. The van der Waals surface area contributed by atoms with Crippen molar-refractivity contribution in [1.82, 2.24) is 0 Å². The van der Waals surface area contributed by atoms with Crippen LogP contribution in [0.1, 0.15) is 0 Å². The van der Waals surface area contributed by atoms with Crippen LogP contribution in [-0.4, -0.2) is 41.9 Å². The molecular formula is C4H6F4O8S2. The first-order valence-corrected chi connectivity index (χ1v) is 6.81. The molecule has 0 aliphatic rings. The normalized spacial score (nSPS) is 13.8. The van der Waals surface area contributed by atoms with Crippen molar-refractivity contribution in [2.45, 2.75) is 6.29 Å². The minimum absolute atomic E-state index is 1.18. The number of ether oxygens (including phenoxy) is 1. The van der Waals surface area contributed by atoms with Crippen molar-refractivity contribution in [3.63, 3.8) is 0 Å². The molecule has 0 aliphatic heterocycles. The molecule has 8 nitrogen and oxygen atoms in total.